The van der Waals surface area contributed by atoms with Gasteiger partial charge in [-0.2, -0.15) is 0 Å². The highest BCUT2D eigenvalue weighted by molar-refractivity contribution is 6.15. The molecule has 1 N–H and O–H groups in total. The zero-order chi connectivity index (χ0) is 26.7. The number of hydrogen-bond acceptors (Lipinski definition) is 8. The summed E-state index contributed by atoms with van der Waals surface area (Å²) in [5.41, 5.74) is -0.357. The first kappa shape index (κ1) is 25.5. The van der Waals surface area contributed by atoms with Crippen LogP contribution in [0.2, 0.25) is 0 Å². The molecule has 0 aliphatic carbocycles. The van der Waals surface area contributed by atoms with Gasteiger partial charge in [-0.15, -0.1) is 0 Å². The molecule has 0 unspecified atom stereocenters. The van der Waals surface area contributed by atoms with Crippen LogP contribution in [-0.4, -0.2) is 61.3 Å². The summed E-state index contributed by atoms with van der Waals surface area (Å²) in [6.07, 6.45) is 1.36. The number of fused-ring (bicyclic) bond motifs is 1. The van der Waals surface area contributed by atoms with Crippen LogP contribution in [0, 0.1) is 0 Å². The van der Waals surface area contributed by atoms with Gasteiger partial charge in [0.1, 0.15) is 17.0 Å². The van der Waals surface area contributed by atoms with Gasteiger partial charge in [-0.1, -0.05) is 18.2 Å². The van der Waals surface area contributed by atoms with Crippen LogP contribution in [0.1, 0.15) is 33.5 Å². The van der Waals surface area contributed by atoms with Crippen molar-refractivity contribution in [1.29, 1.82) is 0 Å². The summed E-state index contributed by atoms with van der Waals surface area (Å²) in [5, 5.41) is 2.93. The predicted molar refractivity (Wildman–Crippen MR) is 133 cm³/mol. The van der Waals surface area contributed by atoms with E-state index in [1.165, 1.54) is 37.1 Å². The summed E-state index contributed by atoms with van der Waals surface area (Å²) < 4.78 is 22.5. The Bertz CT molecular complexity index is 1350. The van der Waals surface area contributed by atoms with E-state index in [0.29, 0.717) is 22.9 Å². The Morgan fingerprint density at radius 1 is 1.00 bits per heavy atom. The van der Waals surface area contributed by atoms with Crippen LogP contribution in [0.5, 0.6) is 17.2 Å². The average molecular weight is 509 g/mol. The van der Waals surface area contributed by atoms with Crippen molar-refractivity contribution in [2.45, 2.75) is 25.6 Å². The fourth-order valence-corrected chi connectivity index (χ4v) is 4.46. The number of imidazole rings is 1. The second-order valence-corrected chi connectivity index (χ2v) is 8.51. The summed E-state index contributed by atoms with van der Waals surface area (Å²) >= 11 is 0. The topological polar surface area (TPSA) is 121 Å². The van der Waals surface area contributed by atoms with E-state index in [9.17, 15) is 14.4 Å². The maximum Gasteiger partial charge on any atom is 0.359 e. The van der Waals surface area contributed by atoms with Crippen LogP contribution in [0.3, 0.4) is 0 Å². The number of anilines is 1. The number of esters is 1. The lowest BCUT2D eigenvalue weighted by Gasteiger charge is -2.43. The van der Waals surface area contributed by atoms with Crippen molar-refractivity contribution in [2.75, 3.05) is 33.3 Å². The molecule has 3 aromatic rings. The first-order valence-electron chi connectivity index (χ1n) is 11.4. The van der Waals surface area contributed by atoms with E-state index in [4.69, 9.17) is 18.9 Å². The number of hydrogen-bond donors (Lipinski definition) is 1. The number of carbonyl (C=O) groups is 3. The van der Waals surface area contributed by atoms with Crippen molar-refractivity contribution in [1.82, 2.24) is 14.9 Å². The van der Waals surface area contributed by atoms with Crippen LogP contribution in [-0.2, 0) is 22.6 Å². The molecule has 11 nitrogen and oxygen atoms in total. The molecule has 11 heteroatoms. The Kier molecular flexibility index (Phi) is 7.05. The maximum absolute atomic E-state index is 14.0. The third kappa shape index (κ3) is 4.44. The molecule has 0 fully saturated rings. The molecule has 1 aliphatic heterocycles. The Morgan fingerprint density at radius 2 is 1.70 bits per heavy atom. The van der Waals surface area contributed by atoms with Gasteiger partial charge >= 0.3 is 5.97 Å². The number of nitrogens with zero attached hydrogens (tertiary/aromatic N) is 3. The zero-order valence-electron chi connectivity index (χ0n) is 21.2. The van der Waals surface area contributed by atoms with Crippen LogP contribution < -0.4 is 24.4 Å². The van der Waals surface area contributed by atoms with E-state index in [1.54, 1.807) is 38.3 Å². The predicted octanol–water partition coefficient (Wildman–Crippen LogP) is 2.43. The van der Waals surface area contributed by atoms with Crippen molar-refractivity contribution in [3.05, 3.63) is 65.7 Å². The monoisotopic (exact) mass is 508 g/mol. The second-order valence-electron chi connectivity index (χ2n) is 8.51. The third-order valence-corrected chi connectivity index (χ3v) is 6.34. The summed E-state index contributed by atoms with van der Waals surface area (Å²) in [5.74, 6) is -0.301. The van der Waals surface area contributed by atoms with Crippen molar-refractivity contribution >= 4 is 23.5 Å². The highest BCUT2D eigenvalue weighted by Gasteiger charge is 2.50. The number of aromatic nitrogens is 2. The van der Waals surface area contributed by atoms with Crippen molar-refractivity contribution in [2.24, 2.45) is 0 Å². The van der Waals surface area contributed by atoms with Crippen molar-refractivity contribution < 1.29 is 33.3 Å². The molecule has 0 saturated heterocycles. The molecule has 0 radical (unpaired) electrons. The minimum absolute atomic E-state index is 0.0247. The quantitative estimate of drug-likeness (QED) is 0.461. The number of carbonyl (C=O) groups excluding carboxylic acids is 3. The Morgan fingerprint density at radius 3 is 2.38 bits per heavy atom. The van der Waals surface area contributed by atoms with Gasteiger partial charge in [-0.3, -0.25) is 14.5 Å². The molecular formula is C26H28N4O7. The molecular weight excluding hydrogens is 480 g/mol. The largest absolute Gasteiger partial charge is 0.496 e. The highest BCUT2D eigenvalue weighted by Crippen LogP contribution is 2.38. The minimum Gasteiger partial charge on any atom is -0.496 e. The molecule has 0 bridgehead atoms. The number of rotatable bonds is 8. The smallest absolute Gasteiger partial charge is 0.359 e. The molecule has 37 heavy (non-hydrogen) atoms. The van der Waals surface area contributed by atoms with Gasteiger partial charge in [0.05, 0.1) is 41.3 Å². The lowest BCUT2D eigenvalue weighted by atomic mass is 9.93. The number of methoxy groups -OCH3 is 4. The molecule has 0 spiro atoms. The van der Waals surface area contributed by atoms with Gasteiger partial charge in [-0.05, 0) is 25.1 Å². The molecule has 0 saturated carbocycles. The van der Waals surface area contributed by atoms with E-state index in [2.05, 4.69) is 10.3 Å². The van der Waals surface area contributed by atoms with Gasteiger partial charge in [0.25, 0.3) is 5.91 Å². The molecule has 194 valence electrons. The average Bonchev–Trinajstić information content (AvgIpc) is 3.34. The number of para-hydroxylation sites is 1. The fraction of sp³-hybridized carbons (Fsp3) is 0.308. The summed E-state index contributed by atoms with van der Waals surface area (Å²) in [6.45, 7) is 1.86. The normalized spacial score (nSPS) is 16.6. The molecule has 1 atom stereocenters. The SMILES string of the molecule is COC(=O)c1ncn2c1C(=O)N(c1ccc(OC)c(OC)c1)[C@](C)(C(=O)NCc1ccccc1OC)C2. The maximum atomic E-state index is 14.0. The number of ether oxygens (including phenoxy) is 4. The molecule has 2 aromatic carbocycles. The number of amides is 2. The van der Waals surface area contributed by atoms with Crippen LogP contribution >= 0.6 is 0 Å². The summed E-state index contributed by atoms with van der Waals surface area (Å²) in [7, 11) is 5.74. The van der Waals surface area contributed by atoms with E-state index in [-0.39, 0.29) is 24.5 Å². The molecule has 1 aliphatic rings. The standard InChI is InChI=1S/C26H28N4O7/c1-26(25(33)27-13-16-8-6-7-9-18(16)34-2)14-29-15-28-21(24(32)37-5)22(29)23(31)30(26)17-10-11-19(35-3)20(12-17)36-4/h6-12,15H,13-14H2,1-5H3,(H,27,33)/t26-/m0/s1. The van der Waals surface area contributed by atoms with Crippen LogP contribution in [0.15, 0.2) is 48.8 Å². The van der Waals surface area contributed by atoms with E-state index >= 15 is 0 Å². The Labute approximate surface area is 213 Å². The van der Waals surface area contributed by atoms with Crippen molar-refractivity contribution in [3.8, 4) is 17.2 Å². The second kappa shape index (κ2) is 10.2. The van der Waals surface area contributed by atoms with Gasteiger partial charge in [0.2, 0.25) is 5.91 Å². The minimum atomic E-state index is -1.40. The molecule has 1 aromatic heterocycles. The van der Waals surface area contributed by atoms with Gasteiger partial charge < -0.3 is 28.8 Å². The Hall–Kier alpha value is -4.54. The molecule has 2 heterocycles. The third-order valence-electron chi connectivity index (χ3n) is 6.34. The van der Waals surface area contributed by atoms with Crippen LogP contribution in [0.25, 0.3) is 0 Å². The Balaban J connectivity index is 1.79. The van der Waals surface area contributed by atoms with E-state index in [1.807, 2.05) is 18.2 Å². The lowest BCUT2D eigenvalue weighted by molar-refractivity contribution is -0.126. The van der Waals surface area contributed by atoms with E-state index < -0.39 is 23.3 Å². The molecule has 2 amide bonds. The highest BCUT2D eigenvalue weighted by atomic mass is 16.5. The first-order chi connectivity index (χ1) is 17.8. The summed E-state index contributed by atoms with van der Waals surface area (Å²) in [4.78, 5) is 45.5. The van der Waals surface area contributed by atoms with Crippen molar-refractivity contribution in [3.63, 3.8) is 0 Å². The fourth-order valence-electron chi connectivity index (χ4n) is 4.46. The number of nitrogens with one attached hydrogen (secondary N) is 1. The van der Waals surface area contributed by atoms with Gasteiger partial charge in [0.15, 0.2) is 17.2 Å². The molecule has 4 rings (SSSR count). The van der Waals surface area contributed by atoms with Gasteiger partial charge in [0, 0.05) is 23.9 Å². The van der Waals surface area contributed by atoms with Gasteiger partial charge in [-0.25, -0.2) is 9.78 Å². The summed E-state index contributed by atoms with van der Waals surface area (Å²) in [6, 6.07) is 12.2. The number of benzene rings is 2. The van der Waals surface area contributed by atoms with E-state index in [0.717, 1.165) is 5.56 Å². The lowest BCUT2D eigenvalue weighted by Crippen LogP contribution is -2.64. The van der Waals surface area contributed by atoms with Crippen LogP contribution in [0.4, 0.5) is 5.69 Å². The first-order valence-corrected chi connectivity index (χ1v) is 11.4. The zero-order valence-corrected chi connectivity index (χ0v) is 21.2.